The maximum absolute atomic E-state index is 6.39. The molecule has 0 saturated carbocycles. The van der Waals surface area contributed by atoms with Gasteiger partial charge in [0, 0.05) is 41.2 Å². The van der Waals surface area contributed by atoms with Crippen LogP contribution in [0.5, 0.6) is 0 Å². The second-order valence-electron chi connectivity index (χ2n) is 4.58. The molecule has 0 atom stereocenters. The number of H-pyrrole nitrogens is 1. The Morgan fingerprint density at radius 1 is 1.47 bits per heavy atom. The maximum Gasteiger partial charge on any atom is 0.137 e. The molecule has 2 aromatic heterocycles. The third-order valence-electron chi connectivity index (χ3n) is 3.37. The van der Waals surface area contributed by atoms with Crippen molar-refractivity contribution in [1.82, 2.24) is 15.3 Å². The third kappa shape index (κ3) is 2.15. The molecule has 0 amide bonds. The number of nitrogens with one attached hydrogen (secondary N) is 2. The van der Waals surface area contributed by atoms with Crippen LogP contribution in [0.2, 0.25) is 5.02 Å². The summed E-state index contributed by atoms with van der Waals surface area (Å²) in [5.74, 6) is 0. The quantitative estimate of drug-likeness (QED) is 0.891. The van der Waals surface area contributed by atoms with E-state index in [1.807, 2.05) is 12.3 Å². The fourth-order valence-electron chi connectivity index (χ4n) is 2.55. The van der Waals surface area contributed by atoms with Crippen molar-refractivity contribution in [1.29, 1.82) is 0 Å². The summed E-state index contributed by atoms with van der Waals surface area (Å²) in [7, 11) is 0. The molecule has 3 rings (SSSR count). The summed E-state index contributed by atoms with van der Waals surface area (Å²) < 4.78 is 0. The third-order valence-corrected chi connectivity index (χ3v) is 3.66. The average Bonchev–Trinajstić information content (AvgIpc) is 2.88. The molecular formula is C15H16ClN3. The highest BCUT2D eigenvalue weighted by Gasteiger charge is 2.16. The average molecular weight is 274 g/mol. The van der Waals surface area contributed by atoms with Gasteiger partial charge in [-0.05, 0) is 25.8 Å². The summed E-state index contributed by atoms with van der Waals surface area (Å²) >= 11 is 6.39. The Bertz CT molecular complexity index is 667. The minimum Gasteiger partial charge on any atom is -0.388 e. The first-order chi connectivity index (χ1) is 9.31. The van der Waals surface area contributed by atoms with E-state index in [0.29, 0.717) is 5.02 Å². The Hall–Kier alpha value is -1.74. The van der Waals surface area contributed by atoms with Crippen molar-refractivity contribution in [2.45, 2.75) is 19.8 Å². The van der Waals surface area contributed by atoms with Crippen molar-refractivity contribution < 1.29 is 0 Å². The topological polar surface area (TPSA) is 40.7 Å². The first-order valence-corrected chi connectivity index (χ1v) is 6.94. The van der Waals surface area contributed by atoms with Crippen LogP contribution in [0.1, 0.15) is 25.3 Å². The molecule has 0 aliphatic heterocycles. The van der Waals surface area contributed by atoms with Crippen LogP contribution in [-0.2, 0) is 0 Å². The van der Waals surface area contributed by atoms with E-state index in [2.05, 4.69) is 34.4 Å². The van der Waals surface area contributed by atoms with Crippen LogP contribution < -0.4 is 5.32 Å². The number of hydrogen-bond donors (Lipinski definition) is 2. The minimum absolute atomic E-state index is 0.698. The molecule has 19 heavy (non-hydrogen) atoms. The van der Waals surface area contributed by atoms with Gasteiger partial charge in [-0.15, -0.1) is 0 Å². The number of aromatic amines is 1. The Morgan fingerprint density at radius 3 is 3.21 bits per heavy atom. The Labute approximate surface area is 117 Å². The van der Waals surface area contributed by atoms with E-state index in [1.165, 1.54) is 11.3 Å². The molecule has 0 spiro atoms. The number of halogens is 1. The zero-order chi connectivity index (χ0) is 13.2. The number of aromatic nitrogens is 2. The lowest BCUT2D eigenvalue weighted by atomic mass is 9.95. The number of hydrogen-bond acceptors (Lipinski definition) is 2. The van der Waals surface area contributed by atoms with E-state index in [-0.39, 0.29) is 0 Å². The van der Waals surface area contributed by atoms with Gasteiger partial charge in [-0.1, -0.05) is 23.8 Å². The van der Waals surface area contributed by atoms with Gasteiger partial charge in [-0.3, -0.25) is 0 Å². The first-order valence-electron chi connectivity index (χ1n) is 6.56. The highest BCUT2D eigenvalue weighted by atomic mass is 35.5. The van der Waals surface area contributed by atoms with Crippen LogP contribution >= 0.6 is 11.6 Å². The first kappa shape index (κ1) is 12.3. The number of nitrogens with zero attached hydrogens (tertiary/aromatic N) is 1. The summed E-state index contributed by atoms with van der Waals surface area (Å²) in [6.07, 6.45) is 10.1. The van der Waals surface area contributed by atoms with Gasteiger partial charge in [-0.25, -0.2) is 4.98 Å². The van der Waals surface area contributed by atoms with E-state index in [9.17, 15) is 0 Å². The zero-order valence-corrected chi connectivity index (χ0v) is 11.6. The van der Waals surface area contributed by atoms with E-state index < -0.39 is 0 Å². The normalized spacial score (nSPS) is 15.3. The van der Waals surface area contributed by atoms with Crippen LogP contribution in [0, 0.1) is 0 Å². The van der Waals surface area contributed by atoms with E-state index in [0.717, 1.165) is 36.0 Å². The second kappa shape index (κ2) is 5.10. The van der Waals surface area contributed by atoms with Crippen molar-refractivity contribution in [2.24, 2.45) is 0 Å². The maximum atomic E-state index is 6.39. The molecule has 2 aromatic rings. The highest BCUT2D eigenvalue weighted by Crippen LogP contribution is 2.35. The van der Waals surface area contributed by atoms with E-state index in [4.69, 9.17) is 11.6 Å². The van der Waals surface area contributed by atoms with Crippen molar-refractivity contribution in [3.05, 3.63) is 46.9 Å². The summed E-state index contributed by atoms with van der Waals surface area (Å²) in [5.41, 5.74) is 4.40. The monoisotopic (exact) mass is 273 g/mol. The fourth-order valence-corrected chi connectivity index (χ4v) is 2.81. The van der Waals surface area contributed by atoms with Gasteiger partial charge in [-0.2, -0.15) is 0 Å². The van der Waals surface area contributed by atoms with Crippen LogP contribution in [0.4, 0.5) is 0 Å². The van der Waals surface area contributed by atoms with Crippen LogP contribution in [0.3, 0.4) is 0 Å². The second-order valence-corrected chi connectivity index (χ2v) is 4.99. The summed E-state index contributed by atoms with van der Waals surface area (Å²) in [4.78, 5) is 7.45. The summed E-state index contributed by atoms with van der Waals surface area (Å²) in [6.45, 7) is 3.04. The van der Waals surface area contributed by atoms with Gasteiger partial charge in [0.1, 0.15) is 5.65 Å². The van der Waals surface area contributed by atoms with Gasteiger partial charge < -0.3 is 10.3 Å². The molecule has 0 bridgehead atoms. The summed E-state index contributed by atoms with van der Waals surface area (Å²) in [6, 6.07) is 2.03. The Kier molecular flexibility index (Phi) is 3.30. The lowest BCUT2D eigenvalue weighted by Gasteiger charge is -2.18. The number of fused-ring (bicyclic) bond motifs is 1. The van der Waals surface area contributed by atoms with Gasteiger partial charge in [0.05, 0.1) is 5.02 Å². The molecular weight excluding hydrogens is 258 g/mol. The molecule has 0 saturated heterocycles. The van der Waals surface area contributed by atoms with Gasteiger partial charge in [0.15, 0.2) is 0 Å². The van der Waals surface area contributed by atoms with Gasteiger partial charge in [0.2, 0.25) is 0 Å². The molecule has 2 heterocycles. The molecule has 98 valence electrons. The van der Waals surface area contributed by atoms with Gasteiger partial charge in [0.25, 0.3) is 0 Å². The van der Waals surface area contributed by atoms with Crippen molar-refractivity contribution in [2.75, 3.05) is 6.54 Å². The molecule has 1 aliphatic rings. The molecule has 0 fully saturated rings. The largest absolute Gasteiger partial charge is 0.388 e. The van der Waals surface area contributed by atoms with Gasteiger partial charge >= 0.3 is 0 Å². The molecule has 0 aromatic carbocycles. The highest BCUT2D eigenvalue weighted by molar-refractivity contribution is 6.33. The van der Waals surface area contributed by atoms with Crippen LogP contribution in [0.15, 0.2) is 36.3 Å². The summed E-state index contributed by atoms with van der Waals surface area (Å²) in [5, 5.41) is 5.23. The van der Waals surface area contributed by atoms with Crippen molar-refractivity contribution in [3.8, 4) is 0 Å². The number of rotatable bonds is 3. The smallest absolute Gasteiger partial charge is 0.137 e. The van der Waals surface area contributed by atoms with E-state index in [1.54, 1.807) is 6.20 Å². The Balaban J connectivity index is 2.24. The predicted molar refractivity (Wildman–Crippen MR) is 80.1 cm³/mol. The Morgan fingerprint density at radius 2 is 2.37 bits per heavy atom. The standard InChI is InChI=1S/C15H16ClN3/c1-2-17-13-6-4-3-5-10(13)14-11-7-8-18-15(11)19-9-12(14)16/h3,5,7-9,17H,2,4,6H2,1H3,(H,18,19). The molecule has 2 N–H and O–H groups in total. The minimum atomic E-state index is 0.698. The lowest BCUT2D eigenvalue weighted by Crippen LogP contribution is -2.15. The lowest BCUT2D eigenvalue weighted by molar-refractivity contribution is 0.780. The van der Waals surface area contributed by atoms with E-state index >= 15 is 0 Å². The molecule has 3 nitrogen and oxygen atoms in total. The van der Waals surface area contributed by atoms with Crippen molar-refractivity contribution in [3.63, 3.8) is 0 Å². The number of allylic oxidation sites excluding steroid dienone is 4. The fraction of sp³-hybridized carbons (Fsp3) is 0.267. The molecule has 0 radical (unpaired) electrons. The SMILES string of the molecule is CCNC1=C(c2c(Cl)cnc3[nH]ccc23)C=CCC1. The molecule has 0 unspecified atom stereocenters. The van der Waals surface area contributed by atoms with Crippen LogP contribution in [-0.4, -0.2) is 16.5 Å². The predicted octanol–water partition coefficient (Wildman–Crippen LogP) is 3.89. The molecule has 4 heteroatoms. The zero-order valence-electron chi connectivity index (χ0n) is 10.8. The molecule has 1 aliphatic carbocycles. The van der Waals surface area contributed by atoms with Crippen molar-refractivity contribution >= 4 is 28.2 Å². The van der Waals surface area contributed by atoms with Crippen LogP contribution in [0.25, 0.3) is 16.6 Å². The number of pyridine rings is 1.